The lowest BCUT2D eigenvalue weighted by atomic mass is 9.92. The number of nitrogen functional groups attached to an aromatic ring is 1. The summed E-state index contributed by atoms with van der Waals surface area (Å²) in [4.78, 5) is 26.7. The van der Waals surface area contributed by atoms with E-state index < -0.39 is 6.09 Å². The van der Waals surface area contributed by atoms with Crippen molar-refractivity contribution in [3.05, 3.63) is 150 Å². The Hall–Kier alpha value is -6.75. The number of carbonyl (C=O) groups excluding carboxylic acids is 1. The smallest absolute Gasteiger partial charge is 0.418 e. The van der Waals surface area contributed by atoms with E-state index in [2.05, 4.69) is 60.4 Å². The van der Waals surface area contributed by atoms with Crippen molar-refractivity contribution in [3.8, 4) is 17.2 Å². The first kappa shape index (κ1) is 35.6. The molecule has 11 heteroatoms. The summed E-state index contributed by atoms with van der Waals surface area (Å²) in [7, 11) is 0. The molecular formula is C43H42N8O3. The van der Waals surface area contributed by atoms with E-state index in [0.717, 1.165) is 62.4 Å². The van der Waals surface area contributed by atoms with Crippen molar-refractivity contribution in [3.63, 3.8) is 0 Å². The van der Waals surface area contributed by atoms with Gasteiger partial charge in [-0.05, 0) is 85.0 Å². The van der Waals surface area contributed by atoms with E-state index in [-0.39, 0.29) is 5.41 Å². The molecule has 7 aromatic rings. The summed E-state index contributed by atoms with van der Waals surface area (Å²) < 4.78 is 13.5. The summed E-state index contributed by atoms with van der Waals surface area (Å²) in [5.41, 5.74) is 12.3. The Morgan fingerprint density at radius 2 is 1.65 bits per heavy atom. The van der Waals surface area contributed by atoms with Crippen LogP contribution in [0.5, 0.6) is 11.5 Å². The third kappa shape index (κ3) is 8.47. The predicted molar refractivity (Wildman–Crippen MR) is 213 cm³/mol. The summed E-state index contributed by atoms with van der Waals surface area (Å²) in [6, 6.07) is 32.6. The van der Waals surface area contributed by atoms with Crippen molar-refractivity contribution < 1.29 is 14.3 Å². The number of benzene rings is 4. The highest BCUT2D eigenvalue weighted by Crippen LogP contribution is 2.31. The number of fused-ring (bicyclic) bond motifs is 1. The van der Waals surface area contributed by atoms with Crippen molar-refractivity contribution in [1.82, 2.24) is 24.7 Å². The lowest BCUT2D eigenvalue weighted by Crippen LogP contribution is -2.19. The Morgan fingerprint density at radius 3 is 2.46 bits per heavy atom. The van der Waals surface area contributed by atoms with Crippen LogP contribution in [0.2, 0.25) is 0 Å². The molecule has 0 aliphatic heterocycles. The van der Waals surface area contributed by atoms with Gasteiger partial charge in [-0.1, -0.05) is 69.3 Å². The highest BCUT2D eigenvalue weighted by Gasteiger charge is 2.22. The number of ether oxygens (including phenoxy) is 2. The third-order valence-corrected chi connectivity index (χ3v) is 8.97. The van der Waals surface area contributed by atoms with Gasteiger partial charge in [0.15, 0.2) is 0 Å². The molecule has 1 amide bonds. The molecule has 272 valence electrons. The van der Waals surface area contributed by atoms with Crippen LogP contribution < -0.4 is 25.8 Å². The highest BCUT2D eigenvalue weighted by atomic mass is 16.6. The van der Waals surface area contributed by atoms with Crippen LogP contribution in [0.3, 0.4) is 0 Å². The first-order valence-electron chi connectivity index (χ1n) is 17.8. The normalized spacial score (nSPS) is 11.3. The molecule has 11 nitrogen and oxygen atoms in total. The van der Waals surface area contributed by atoms with Crippen molar-refractivity contribution in [2.75, 3.05) is 16.4 Å². The zero-order chi connectivity index (χ0) is 37.7. The van der Waals surface area contributed by atoms with Crippen LogP contribution in [0.1, 0.15) is 48.8 Å². The molecule has 0 aliphatic carbocycles. The van der Waals surface area contributed by atoms with Crippen LogP contribution in [0.25, 0.3) is 16.5 Å². The summed E-state index contributed by atoms with van der Waals surface area (Å²) in [6.07, 6.45) is 5.99. The third-order valence-electron chi connectivity index (χ3n) is 8.97. The molecule has 0 bridgehead atoms. The molecule has 0 radical (unpaired) electrons. The van der Waals surface area contributed by atoms with Gasteiger partial charge in [0, 0.05) is 40.3 Å². The van der Waals surface area contributed by atoms with Gasteiger partial charge in [-0.3, -0.25) is 10.3 Å². The fraction of sp³-hybridized carbons (Fsp3) is 0.186. The van der Waals surface area contributed by atoms with Crippen LogP contribution >= 0.6 is 0 Å². The van der Waals surface area contributed by atoms with Gasteiger partial charge >= 0.3 is 6.09 Å². The van der Waals surface area contributed by atoms with Crippen molar-refractivity contribution >= 4 is 40.0 Å². The second kappa shape index (κ2) is 15.5. The second-order valence-corrected chi connectivity index (χ2v) is 14.1. The lowest BCUT2D eigenvalue weighted by Gasteiger charge is -2.14. The Morgan fingerprint density at radius 1 is 0.852 bits per heavy atom. The molecule has 0 saturated heterocycles. The molecule has 4 N–H and O–H groups in total. The number of anilines is 4. The molecule has 0 saturated carbocycles. The summed E-state index contributed by atoms with van der Waals surface area (Å²) in [5, 5.41) is 13.0. The Balaban J connectivity index is 1.03. The molecule has 0 spiro atoms. The molecule has 54 heavy (non-hydrogen) atoms. The number of pyridine rings is 1. The maximum absolute atomic E-state index is 12.9. The van der Waals surface area contributed by atoms with Crippen molar-refractivity contribution in [1.29, 1.82) is 0 Å². The molecule has 7 rings (SSSR count). The van der Waals surface area contributed by atoms with Gasteiger partial charge in [-0.2, -0.15) is 5.10 Å². The average Bonchev–Trinajstić information content (AvgIpc) is 3.59. The topological polar surface area (TPSA) is 142 Å². The fourth-order valence-corrected chi connectivity index (χ4v) is 6.01. The first-order valence-corrected chi connectivity index (χ1v) is 17.8. The molecule has 0 fully saturated rings. The van der Waals surface area contributed by atoms with E-state index in [1.54, 1.807) is 35.4 Å². The summed E-state index contributed by atoms with van der Waals surface area (Å²) in [6.45, 7) is 8.70. The van der Waals surface area contributed by atoms with Gasteiger partial charge < -0.3 is 20.5 Å². The van der Waals surface area contributed by atoms with Crippen LogP contribution in [0.15, 0.2) is 122 Å². The van der Waals surface area contributed by atoms with E-state index >= 15 is 0 Å². The Labute approximate surface area is 314 Å². The predicted octanol–water partition coefficient (Wildman–Crippen LogP) is 9.12. The van der Waals surface area contributed by atoms with Crippen LogP contribution in [0.4, 0.5) is 27.9 Å². The largest absolute Gasteiger partial charge is 0.488 e. The number of nitrogens with two attached hydrogens (primary N) is 1. The van der Waals surface area contributed by atoms with E-state index in [0.29, 0.717) is 36.2 Å². The first-order chi connectivity index (χ1) is 26.1. The number of hydrogen-bond donors (Lipinski definition) is 3. The van der Waals surface area contributed by atoms with Gasteiger partial charge in [0.05, 0.1) is 23.3 Å². The Bertz CT molecular complexity index is 2420. The molecule has 0 atom stereocenters. The van der Waals surface area contributed by atoms with E-state index in [1.165, 1.54) is 0 Å². The SMILES string of the molecule is Cc1ccc(-n2nc(C(C)(C)C)cc2NC(=O)Oc2ccccc2)cc1CCc1cncc(Nc2cc(COc3ccc(N)c4ccccc34)ccn2)n1. The van der Waals surface area contributed by atoms with Gasteiger partial charge in [0.1, 0.15) is 35.6 Å². The van der Waals surface area contributed by atoms with Crippen molar-refractivity contribution in [2.24, 2.45) is 0 Å². The minimum Gasteiger partial charge on any atom is -0.488 e. The molecule has 3 heterocycles. The second-order valence-electron chi connectivity index (χ2n) is 14.1. The number of amides is 1. The molecule has 0 aliphatic rings. The van der Waals surface area contributed by atoms with E-state index in [1.807, 2.05) is 78.9 Å². The monoisotopic (exact) mass is 718 g/mol. The maximum atomic E-state index is 12.9. The number of nitrogens with one attached hydrogen (secondary N) is 2. The van der Waals surface area contributed by atoms with Gasteiger partial charge in [-0.15, -0.1) is 0 Å². The number of para-hydroxylation sites is 1. The van der Waals surface area contributed by atoms with E-state index in [9.17, 15) is 4.79 Å². The minimum absolute atomic E-state index is 0.242. The number of hydrogen-bond acceptors (Lipinski definition) is 9. The average molecular weight is 719 g/mol. The number of aryl methyl sites for hydroxylation is 3. The van der Waals surface area contributed by atoms with Crippen LogP contribution in [-0.4, -0.2) is 30.8 Å². The van der Waals surface area contributed by atoms with Crippen LogP contribution in [-0.2, 0) is 24.9 Å². The number of carbonyl (C=O) groups is 1. The van der Waals surface area contributed by atoms with Gasteiger partial charge in [-0.25, -0.2) is 19.4 Å². The summed E-state index contributed by atoms with van der Waals surface area (Å²) in [5.74, 6) is 2.97. The molecule has 0 unspecified atom stereocenters. The fourth-order valence-electron chi connectivity index (χ4n) is 6.01. The Kier molecular flexibility index (Phi) is 10.2. The van der Waals surface area contributed by atoms with Crippen LogP contribution in [0, 0.1) is 6.92 Å². The van der Waals surface area contributed by atoms with Crippen molar-refractivity contribution in [2.45, 2.75) is 52.6 Å². The molecular weight excluding hydrogens is 677 g/mol. The zero-order valence-corrected chi connectivity index (χ0v) is 30.7. The van der Waals surface area contributed by atoms with Gasteiger partial charge in [0.2, 0.25) is 0 Å². The van der Waals surface area contributed by atoms with E-state index in [4.69, 9.17) is 25.3 Å². The standard InChI is InChI=1S/C43H42N8O3/c1-28-14-17-32(51-41(24-38(50-51)43(2,3)4)49-42(52)54-33-10-6-5-7-11-33)23-30(28)15-16-31-25-45-26-40(47-31)48-39-22-29(20-21-46-39)27-53-37-19-18-36(44)34-12-8-9-13-35(34)37/h5-14,17-26H,15-16,27,44H2,1-4H3,(H,49,52)(H,46,47,48). The molecule has 4 aromatic carbocycles. The summed E-state index contributed by atoms with van der Waals surface area (Å²) >= 11 is 0. The molecule has 3 aromatic heterocycles. The number of nitrogens with zero attached hydrogens (tertiary/aromatic N) is 5. The van der Waals surface area contributed by atoms with Gasteiger partial charge in [0.25, 0.3) is 0 Å². The minimum atomic E-state index is -0.593. The number of aromatic nitrogens is 5. The maximum Gasteiger partial charge on any atom is 0.418 e. The highest BCUT2D eigenvalue weighted by molar-refractivity contribution is 5.97. The zero-order valence-electron chi connectivity index (χ0n) is 30.7. The lowest BCUT2D eigenvalue weighted by molar-refractivity contribution is 0.215. The number of rotatable bonds is 11. The quantitative estimate of drug-likeness (QED) is 0.112.